The van der Waals surface area contributed by atoms with Gasteiger partial charge in [0.15, 0.2) is 6.61 Å². The van der Waals surface area contributed by atoms with Gasteiger partial charge in [-0.2, -0.15) is 5.10 Å². The van der Waals surface area contributed by atoms with Crippen LogP contribution in [0.3, 0.4) is 0 Å². The maximum atomic E-state index is 12.8. The number of carbonyl (C=O) groups excluding carboxylic acids is 1. The monoisotopic (exact) mass is 383 g/mol. The minimum Gasteiger partial charge on any atom is -0.484 e. The summed E-state index contributed by atoms with van der Waals surface area (Å²) in [6.07, 6.45) is 1.31. The molecular formula is C19H14FN3O5. The standard InChI is InChI=1S/C19H14FN3O5/c20-14-3-7-16(8-4-14)27-12-19(24)22-21-11-17-9-10-18(28-17)13-1-5-15(6-2-13)23(25)26/h1-11H,12H2,(H,22,24)/b21-11-. The van der Waals surface area contributed by atoms with Gasteiger partial charge in [0.05, 0.1) is 11.1 Å². The number of ether oxygens (including phenoxy) is 1. The highest BCUT2D eigenvalue weighted by Gasteiger charge is 2.08. The molecular weight excluding hydrogens is 369 g/mol. The highest BCUT2D eigenvalue weighted by molar-refractivity contribution is 5.81. The number of hydrogen-bond acceptors (Lipinski definition) is 6. The number of carbonyl (C=O) groups is 1. The first-order valence-electron chi connectivity index (χ1n) is 8.06. The Bertz CT molecular complexity index is 997. The minimum absolute atomic E-state index is 0.0114. The number of hydrogen-bond donors (Lipinski definition) is 1. The summed E-state index contributed by atoms with van der Waals surface area (Å²) in [6.45, 7) is -0.283. The molecule has 1 amide bonds. The molecule has 0 aliphatic rings. The quantitative estimate of drug-likeness (QED) is 0.382. The molecule has 2 aromatic carbocycles. The molecule has 0 unspecified atom stereocenters. The number of nitrogens with one attached hydrogen (secondary N) is 1. The van der Waals surface area contributed by atoms with Crippen molar-refractivity contribution in [3.05, 3.63) is 82.4 Å². The third-order valence-corrected chi connectivity index (χ3v) is 3.55. The van der Waals surface area contributed by atoms with E-state index in [4.69, 9.17) is 9.15 Å². The van der Waals surface area contributed by atoms with E-state index in [1.54, 1.807) is 24.3 Å². The van der Waals surface area contributed by atoms with Crippen molar-refractivity contribution in [2.45, 2.75) is 0 Å². The lowest BCUT2D eigenvalue weighted by atomic mass is 10.1. The van der Waals surface area contributed by atoms with Crippen LogP contribution in [-0.4, -0.2) is 23.7 Å². The topological polar surface area (TPSA) is 107 Å². The Morgan fingerprint density at radius 3 is 2.54 bits per heavy atom. The lowest BCUT2D eigenvalue weighted by Crippen LogP contribution is -2.24. The Balaban J connectivity index is 1.51. The maximum Gasteiger partial charge on any atom is 0.277 e. The molecule has 0 radical (unpaired) electrons. The Labute approximate surface area is 158 Å². The fourth-order valence-electron chi connectivity index (χ4n) is 2.20. The zero-order valence-corrected chi connectivity index (χ0v) is 14.4. The van der Waals surface area contributed by atoms with Gasteiger partial charge >= 0.3 is 0 Å². The average molecular weight is 383 g/mol. The number of rotatable bonds is 7. The second kappa shape index (κ2) is 8.58. The van der Waals surface area contributed by atoms with Crippen LogP contribution in [0.1, 0.15) is 5.76 Å². The molecule has 0 bridgehead atoms. The molecule has 0 saturated carbocycles. The molecule has 0 aliphatic heterocycles. The van der Waals surface area contributed by atoms with Crippen molar-refractivity contribution < 1.29 is 23.3 Å². The smallest absolute Gasteiger partial charge is 0.277 e. The number of nitro benzene ring substituents is 1. The number of hydrazone groups is 1. The van der Waals surface area contributed by atoms with E-state index in [1.807, 2.05) is 0 Å². The van der Waals surface area contributed by atoms with E-state index in [2.05, 4.69) is 10.5 Å². The van der Waals surface area contributed by atoms with Gasteiger partial charge in [0.1, 0.15) is 23.1 Å². The fourth-order valence-corrected chi connectivity index (χ4v) is 2.20. The lowest BCUT2D eigenvalue weighted by molar-refractivity contribution is -0.384. The first-order chi connectivity index (χ1) is 13.5. The molecule has 8 nitrogen and oxygen atoms in total. The number of benzene rings is 2. The summed E-state index contributed by atoms with van der Waals surface area (Å²) in [6, 6.07) is 14.5. The maximum absolute atomic E-state index is 12.8. The largest absolute Gasteiger partial charge is 0.484 e. The van der Waals surface area contributed by atoms with Crippen molar-refractivity contribution in [3.8, 4) is 17.1 Å². The third-order valence-electron chi connectivity index (χ3n) is 3.55. The van der Waals surface area contributed by atoms with Crippen LogP contribution < -0.4 is 10.2 Å². The second-order valence-electron chi connectivity index (χ2n) is 5.54. The molecule has 1 heterocycles. The van der Waals surface area contributed by atoms with Gasteiger partial charge in [0.2, 0.25) is 0 Å². The number of non-ortho nitro benzene ring substituents is 1. The van der Waals surface area contributed by atoms with Gasteiger partial charge in [0.25, 0.3) is 11.6 Å². The summed E-state index contributed by atoms with van der Waals surface area (Å²) >= 11 is 0. The molecule has 0 spiro atoms. The first-order valence-corrected chi connectivity index (χ1v) is 8.06. The normalized spacial score (nSPS) is 10.8. The van der Waals surface area contributed by atoms with Crippen LogP contribution in [0.25, 0.3) is 11.3 Å². The third kappa shape index (κ3) is 5.01. The molecule has 142 valence electrons. The van der Waals surface area contributed by atoms with Crippen molar-refractivity contribution in [2.75, 3.05) is 6.61 Å². The molecule has 1 aromatic heterocycles. The number of nitrogens with zero attached hydrogens (tertiary/aromatic N) is 2. The van der Waals surface area contributed by atoms with E-state index in [0.717, 1.165) is 0 Å². The van der Waals surface area contributed by atoms with E-state index in [0.29, 0.717) is 22.8 Å². The van der Waals surface area contributed by atoms with Crippen molar-refractivity contribution >= 4 is 17.8 Å². The minimum atomic E-state index is -0.497. The number of nitro groups is 1. The summed E-state index contributed by atoms with van der Waals surface area (Å²) in [5, 5.41) is 14.4. The highest BCUT2D eigenvalue weighted by atomic mass is 19.1. The van der Waals surface area contributed by atoms with Gasteiger partial charge in [-0.1, -0.05) is 0 Å². The van der Waals surface area contributed by atoms with Crippen molar-refractivity contribution in [3.63, 3.8) is 0 Å². The van der Waals surface area contributed by atoms with E-state index < -0.39 is 16.6 Å². The SMILES string of the molecule is O=C(COc1ccc(F)cc1)N/N=C\c1ccc(-c2ccc([N+](=O)[O-])cc2)o1. The van der Waals surface area contributed by atoms with Gasteiger partial charge in [0, 0.05) is 17.7 Å². The van der Waals surface area contributed by atoms with Crippen LogP contribution in [0.2, 0.25) is 0 Å². The van der Waals surface area contributed by atoms with Crippen molar-refractivity contribution in [2.24, 2.45) is 5.10 Å². The zero-order chi connectivity index (χ0) is 19.9. The second-order valence-corrected chi connectivity index (χ2v) is 5.54. The van der Waals surface area contributed by atoms with Gasteiger partial charge in [-0.25, -0.2) is 9.82 Å². The van der Waals surface area contributed by atoms with E-state index in [1.165, 1.54) is 42.6 Å². The molecule has 3 rings (SSSR count). The summed E-state index contributed by atoms with van der Waals surface area (Å²) in [4.78, 5) is 21.9. The molecule has 0 saturated heterocycles. The molecule has 3 aromatic rings. The molecule has 9 heteroatoms. The summed E-state index contributed by atoms with van der Waals surface area (Å²) in [5.74, 6) is 0.352. The predicted octanol–water partition coefficient (Wildman–Crippen LogP) is 3.52. The number of amides is 1. The number of halogens is 1. The lowest BCUT2D eigenvalue weighted by Gasteiger charge is -2.04. The molecule has 28 heavy (non-hydrogen) atoms. The van der Waals surface area contributed by atoms with Crippen LogP contribution in [-0.2, 0) is 4.79 Å². The summed E-state index contributed by atoms with van der Waals surface area (Å²) in [7, 11) is 0. The van der Waals surface area contributed by atoms with Crippen LogP contribution >= 0.6 is 0 Å². The first kappa shape index (κ1) is 18.8. The summed E-state index contributed by atoms with van der Waals surface area (Å²) < 4.78 is 23.5. The Hall–Kier alpha value is -4.01. The Morgan fingerprint density at radius 2 is 1.86 bits per heavy atom. The predicted molar refractivity (Wildman–Crippen MR) is 98.4 cm³/mol. The molecule has 0 atom stereocenters. The van der Waals surface area contributed by atoms with Crippen LogP contribution in [0, 0.1) is 15.9 Å². The van der Waals surface area contributed by atoms with Crippen molar-refractivity contribution in [1.29, 1.82) is 0 Å². The van der Waals surface area contributed by atoms with E-state index in [-0.39, 0.29) is 12.3 Å². The summed E-state index contributed by atoms with van der Waals surface area (Å²) in [5.41, 5.74) is 2.94. The molecule has 1 N–H and O–H groups in total. The average Bonchev–Trinajstić information content (AvgIpc) is 3.16. The molecule has 0 aliphatic carbocycles. The van der Waals surface area contributed by atoms with Gasteiger partial charge in [-0.3, -0.25) is 14.9 Å². The fraction of sp³-hybridized carbons (Fsp3) is 0.0526. The number of furan rings is 1. The van der Waals surface area contributed by atoms with Crippen molar-refractivity contribution in [1.82, 2.24) is 5.43 Å². The Kier molecular flexibility index (Phi) is 5.75. The Morgan fingerprint density at radius 1 is 1.14 bits per heavy atom. The molecule has 0 fully saturated rings. The van der Waals surface area contributed by atoms with Crippen LogP contribution in [0.15, 0.2) is 70.2 Å². The zero-order valence-electron chi connectivity index (χ0n) is 14.4. The van der Waals surface area contributed by atoms with Crippen LogP contribution in [0.5, 0.6) is 5.75 Å². The van der Waals surface area contributed by atoms with Crippen LogP contribution in [0.4, 0.5) is 10.1 Å². The van der Waals surface area contributed by atoms with E-state index >= 15 is 0 Å². The van der Waals surface area contributed by atoms with Gasteiger partial charge in [-0.05, 0) is 48.5 Å². The highest BCUT2D eigenvalue weighted by Crippen LogP contribution is 2.24. The van der Waals surface area contributed by atoms with Gasteiger partial charge < -0.3 is 9.15 Å². The van der Waals surface area contributed by atoms with E-state index in [9.17, 15) is 19.3 Å². The van der Waals surface area contributed by atoms with Gasteiger partial charge in [-0.15, -0.1) is 0 Å².